The Hall–Kier alpha value is -1.15. The molecule has 0 aromatic rings. The Labute approximate surface area is 148 Å². The van der Waals surface area contributed by atoms with E-state index in [1.165, 1.54) is 0 Å². The van der Waals surface area contributed by atoms with E-state index in [0.717, 1.165) is 14.2 Å². The number of nitrogens with one attached hydrogen (secondary N) is 1. The lowest BCUT2D eigenvalue weighted by atomic mass is 10.1. The summed E-state index contributed by atoms with van der Waals surface area (Å²) >= 11 is 0. The fraction of sp³-hybridized carbons (Fsp3) is 0.867. The van der Waals surface area contributed by atoms with Crippen LogP contribution < -0.4 is 5.32 Å². The van der Waals surface area contributed by atoms with Gasteiger partial charge < -0.3 is 28.9 Å². The molecule has 10 heteroatoms. The van der Waals surface area contributed by atoms with Crippen molar-refractivity contribution in [1.82, 2.24) is 5.32 Å². The van der Waals surface area contributed by atoms with Gasteiger partial charge in [0.1, 0.15) is 17.2 Å². The highest BCUT2D eigenvalue weighted by atomic mass is 31.2. The third-order valence-corrected chi connectivity index (χ3v) is 4.66. The molecule has 0 rings (SSSR count). The zero-order valence-corrected chi connectivity index (χ0v) is 17.0. The van der Waals surface area contributed by atoms with E-state index in [9.17, 15) is 19.3 Å². The van der Waals surface area contributed by atoms with Gasteiger partial charge in [0.05, 0.1) is 0 Å². The topological polar surface area (TPSA) is 120 Å². The SMILES string of the molecule is COP(=O)(OC)C(O)C[C@H](NC(=O)OC(C)(C)C)C(=O)OC(C)(C)C. The highest BCUT2D eigenvalue weighted by Crippen LogP contribution is 2.51. The summed E-state index contributed by atoms with van der Waals surface area (Å²) in [5, 5.41) is 12.4. The Kier molecular flexibility index (Phi) is 8.57. The lowest BCUT2D eigenvalue weighted by molar-refractivity contribution is -0.158. The van der Waals surface area contributed by atoms with Gasteiger partial charge in [-0.25, -0.2) is 9.59 Å². The molecule has 0 aliphatic carbocycles. The van der Waals surface area contributed by atoms with Crippen LogP contribution in [-0.2, 0) is 27.9 Å². The fourth-order valence-corrected chi connectivity index (χ4v) is 2.80. The Morgan fingerprint density at radius 1 is 1.00 bits per heavy atom. The van der Waals surface area contributed by atoms with E-state index >= 15 is 0 Å². The van der Waals surface area contributed by atoms with Crippen molar-refractivity contribution >= 4 is 19.7 Å². The van der Waals surface area contributed by atoms with Gasteiger partial charge in [-0.3, -0.25) is 4.57 Å². The van der Waals surface area contributed by atoms with Crippen LogP contribution in [0.5, 0.6) is 0 Å². The summed E-state index contributed by atoms with van der Waals surface area (Å²) in [6, 6.07) is -1.30. The van der Waals surface area contributed by atoms with Crippen molar-refractivity contribution in [2.75, 3.05) is 14.2 Å². The van der Waals surface area contributed by atoms with E-state index in [4.69, 9.17) is 18.5 Å². The maximum atomic E-state index is 12.3. The Morgan fingerprint density at radius 3 is 1.80 bits per heavy atom. The van der Waals surface area contributed by atoms with Crippen molar-refractivity contribution in [3.63, 3.8) is 0 Å². The van der Waals surface area contributed by atoms with Gasteiger partial charge in [0, 0.05) is 20.6 Å². The predicted molar refractivity (Wildman–Crippen MR) is 91.3 cm³/mol. The Morgan fingerprint density at radius 2 is 1.44 bits per heavy atom. The van der Waals surface area contributed by atoms with Gasteiger partial charge in [-0.2, -0.15) is 0 Å². The van der Waals surface area contributed by atoms with Gasteiger partial charge in [-0.15, -0.1) is 0 Å². The van der Waals surface area contributed by atoms with Gasteiger partial charge in [0.15, 0.2) is 5.85 Å². The fourth-order valence-electron chi connectivity index (χ4n) is 1.69. The van der Waals surface area contributed by atoms with Gasteiger partial charge in [0.25, 0.3) is 0 Å². The summed E-state index contributed by atoms with van der Waals surface area (Å²) in [6.45, 7) is 9.94. The number of esters is 1. The zero-order valence-electron chi connectivity index (χ0n) is 16.1. The second kappa shape index (κ2) is 8.98. The number of hydrogen-bond donors (Lipinski definition) is 2. The van der Waals surface area contributed by atoms with Crippen molar-refractivity contribution in [2.24, 2.45) is 0 Å². The highest BCUT2D eigenvalue weighted by molar-refractivity contribution is 7.54. The predicted octanol–water partition coefficient (Wildman–Crippen LogP) is 2.42. The number of carbonyl (C=O) groups excluding carboxylic acids is 2. The van der Waals surface area contributed by atoms with E-state index in [1.807, 2.05) is 0 Å². The van der Waals surface area contributed by atoms with E-state index in [0.29, 0.717) is 0 Å². The number of amides is 1. The number of aliphatic hydroxyl groups is 1. The number of ether oxygens (including phenoxy) is 2. The molecule has 0 bridgehead atoms. The third-order valence-electron chi connectivity index (χ3n) is 2.70. The summed E-state index contributed by atoms with van der Waals surface area (Å²) in [4.78, 5) is 24.3. The molecular weight excluding hydrogens is 353 g/mol. The van der Waals surface area contributed by atoms with Crippen LogP contribution in [0.3, 0.4) is 0 Å². The first-order chi connectivity index (χ1) is 11.1. The van der Waals surface area contributed by atoms with Gasteiger partial charge >= 0.3 is 19.7 Å². The largest absolute Gasteiger partial charge is 0.458 e. The molecule has 0 aromatic carbocycles. The highest BCUT2D eigenvalue weighted by Gasteiger charge is 2.38. The molecule has 1 amide bonds. The Balaban J connectivity index is 5.30. The minimum atomic E-state index is -3.85. The minimum absolute atomic E-state index is 0.437. The molecule has 9 nitrogen and oxygen atoms in total. The molecule has 148 valence electrons. The number of aliphatic hydroxyl groups excluding tert-OH is 1. The van der Waals surface area contributed by atoms with Crippen LogP contribution >= 0.6 is 7.60 Å². The second-order valence-electron chi connectivity index (χ2n) is 7.35. The maximum absolute atomic E-state index is 12.3. The number of alkyl carbamates (subject to hydrolysis) is 1. The van der Waals surface area contributed by atoms with Crippen LogP contribution in [0.25, 0.3) is 0 Å². The molecule has 1 unspecified atom stereocenters. The van der Waals surface area contributed by atoms with E-state index in [1.54, 1.807) is 41.5 Å². The third kappa shape index (κ3) is 9.21. The van der Waals surface area contributed by atoms with Crippen LogP contribution in [-0.4, -0.2) is 54.5 Å². The summed E-state index contributed by atoms with van der Waals surface area (Å²) in [5.41, 5.74) is -1.60. The summed E-state index contributed by atoms with van der Waals surface area (Å²) in [7, 11) is -1.63. The average Bonchev–Trinajstić information content (AvgIpc) is 2.41. The van der Waals surface area contributed by atoms with Crippen molar-refractivity contribution in [3.8, 4) is 0 Å². The van der Waals surface area contributed by atoms with Crippen molar-refractivity contribution in [3.05, 3.63) is 0 Å². The monoisotopic (exact) mass is 383 g/mol. The molecule has 0 aliphatic heterocycles. The minimum Gasteiger partial charge on any atom is -0.458 e. The first kappa shape index (κ1) is 23.9. The lowest BCUT2D eigenvalue weighted by Gasteiger charge is -2.28. The average molecular weight is 383 g/mol. The van der Waals surface area contributed by atoms with Crippen molar-refractivity contribution in [1.29, 1.82) is 0 Å². The first-order valence-electron chi connectivity index (χ1n) is 7.75. The molecule has 25 heavy (non-hydrogen) atoms. The molecule has 0 aliphatic rings. The molecule has 0 radical (unpaired) electrons. The molecular formula is C15H30NO8P. The standard InChI is InChI=1S/C15H30NO8P/c1-14(2,3)23-12(18)10(16-13(19)24-15(4,5)6)9-11(17)25(20,21-7)22-8/h10-11,17H,9H2,1-8H3,(H,16,19)/t10-,11?/m0/s1. The summed E-state index contributed by atoms with van der Waals surface area (Å²) in [6.07, 6.45) is -1.31. The molecule has 0 aromatic heterocycles. The van der Waals surface area contributed by atoms with Crippen LogP contribution in [0.4, 0.5) is 4.79 Å². The second-order valence-corrected chi connectivity index (χ2v) is 9.76. The molecule has 2 N–H and O–H groups in total. The Bertz CT molecular complexity index is 501. The summed E-state index contributed by atoms with van der Waals surface area (Å²) < 4.78 is 31.9. The first-order valence-corrected chi connectivity index (χ1v) is 9.36. The van der Waals surface area contributed by atoms with E-state index < -0.39 is 49.2 Å². The quantitative estimate of drug-likeness (QED) is 0.508. The molecule has 2 atom stereocenters. The van der Waals surface area contributed by atoms with Crippen LogP contribution in [0.1, 0.15) is 48.0 Å². The number of hydrogen-bond acceptors (Lipinski definition) is 8. The number of carbonyl (C=O) groups is 2. The van der Waals surface area contributed by atoms with Crippen molar-refractivity contribution < 1.29 is 37.8 Å². The number of rotatable bonds is 7. The zero-order chi connectivity index (χ0) is 20.1. The normalized spacial score (nSPS) is 15.2. The molecule has 0 fully saturated rings. The molecule has 0 spiro atoms. The lowest BCUT2D eigenvalue weighted by Crippen LogP contribution is -2.47. The summed E-state index contributed by atoms with van der Waals surface area (Å²) in [5.74, 6) is -2.45. The molecule has 0 heterocycles. The van der Waals surface area contributed by atoms with E-state index in [-0.39, 0.29) is 0 Å². The van der Waals surface area contributed by atoms with Crippen LogP contribution in [0.2, 0.25) is 0 Å². The maximum Gasteiger partial charge on any atom is 0.408 e. The molecule has 0 saturated carbocycles. The van der Waals surface area contributed by atoms with Gasteiger partial charge in [0.2, 0.25) is 0 Å². The van der Waals surface area contributed by atoms with Gasteiger partial charge in [-0.05, 0) is 41.5 Å². The van der Waals surface area contributed by atoms with Crippen LogP contribution in [0.15, 0.2) is 0 Å². The van der Waals surface area contributed by atoms with E-state index in [2.05, 4.69) is 5.32 Å². The molecule has 0 saturated heterocycles. The van der Waals surface area contributed by atoms with Crippen LogP contribution in [0, 0.1) is 0 Å². The smallest absolute Gasteiger partial charge is 0.408 e. The van der Waals surface area contributed by atoms with Crippen molar-refractivity contribution in [2.45, 2.75) is 71.1 Å². The van der Waals surface area contributed by atoms with Gasteiger partial charge in [-0.1, -0.05) is 0 Å².